The van der Waals surface area contributed by atoms with Crippen molar-refractivity contribution in [3.8, 4) is 11.1 Å². The van der Waals surface area contributed by atoms with Gasteiger partial charge in [0.2, 0.25) is 29.5 Å². The van der Waals surface area contributed by atoms with Gasteiger partial charge in [0.15, 0.2) is 11.6 Å². The molecule has 8 aromatic carbocycles. The standard InChI is InChI=1S/C58H66N8O10S.C40H51N7O9S/c1-4-21-47(53(55(70)59-34-49(68)62-50(37(2)67)38-22-9-5-10-23-38)65-66-57(72)63-51(39-24-11-6-12-25-39)40-26-13-7-14-27-40)60-54(69)48(36-77(3,74)75)61-56(71)52(41-28-15-8-16-29-41)64-58(73)76-35-46-44-32-19-17-30-42(44)43-31-18-20-33-45(43)46;1-7-17-30(42-36(50)31(25-57(6,54)55)43-39(53)56-40(3,4)5)35(37(51)41-24-32(49)44-33(26(2)48)27-18-11-8-12-19-27)46-47-38(52)45-34(28-20-13-9-14-21-28)29-22-15-10-16-23-29/h5-7,9-14,17-20,22-27,30-33,41,46-48,50-52H,4,8,15-16,21,28-29,34-36H2,1-3H3,(H,59,70)(H,60,69)(H,61,71)(H,62,68)(H,64,73)(H2,63,66,72);8-16,18-23,30-31,33-34H,7,17,24-25H2,1-6H3,(H,41,51)(H,42,50)(H,43,53)(H,44,49)(H2,45,47,52)/t47-,48-,50+,52-;30-,31-,33+/m00/s1. The minimum Gasteiger partial charge on any atom is -0.449 e. The highest BCUT2D eigenvalue weighted by molar-refractivity contribution is 7.91. The maximum atomic E-state index is 14.5. The van der Waals surface area contributed by atoms with Gasteiger partial charge in [0.25, 0.3) is 11.8 Å². The van der Waals surface area contributed by atoms with Crippen LogP contribution in [0.5, 0.6) is 0 Å². The molecule has 34 nitrogen and oxygen atoms in total. The summed E-state index contributed by atoms with van der Waals surface area (Å²) in [6.07, 6.45) is 4.15. The van der Waals surface area contributed by atoms with Gasteiger partial charge in [0, 0.05) is 18.4 Å². The fourth-order valence-corrected chi connectivity index (χ4v) is 17.2. The molecule has 8 aromatic rings. The quantitative estimate of drug-likeness (QED) is 0.0125. The Hall–Kier alpha value is -14.3. The first-order chi connectivity index (χ1) is 64.0. The van der Waals surface area contributed by atoms with Crippen LogP contribution in [0.3, 0.4) is 0 Å². The molecule has 36 heteroatoms. The van der Waals surface area contributed by atoms with Crippen molar-refractivity contribution in [1.29, 1.82) is 0 Å². The number of carbonyl (C=O) groups is 13. The monoisotopic (exact) mass is 1870 g/mol. The number of rotatable bonds is 41. The topological polar surface area (TPSA) is 490 Å². The minimum atomic E-state index is -4.00. The Kier molecular flexibility index (Phi) is 38.9. The van der Waals surface area contributed by atoms with Crippen LogP contribution < -0.4 is 69.3 Å². The molecule has 0 heterocycles. The molecule has 0 aliphatic heterocycles. The van der Waals surface area contributed by atoms with Crippen molar-refractivity contribution in [3.63, 3.8) is 0 Å². The number of fused-ring (bicyclic) bond motifs is 3. The average Bonchev–Trinajstić information content (AvgIpc) is 1.61. The molecule has 13 amide bonds. The second kappa shape index (κ2) is 50.4. The van der Waals surface area contributed by atoms with Crippen LogP contribution in [0.25, 0.3) is 11.1 Å². The lowest BCUT2D eigenvalue weighted by atomic mass is 9.83. The number of ether oxygens (including phenoxy) is 2. The summed E-state index contributed by atoms with van der Waals surface area (Å²) in [5.41, 5.74) is 10.9. The van der Waals surface area contributed by atoms with Crippen LogP contribution in [0, 0.1) is 5.92 Å². The predicted molar refractivity (Wildman–Crippen MR) is 506 cm³/mol. The fourth-order valence-electron chi connectivity index (χ4n) is 15.5. The van der Waals surface area contributed by atoms with Crippen molar-refractivity contribution in [2.24, 2.45) is 16.1 Å². The van der Waals surface area contributed by atoms with Crippen LogP contribution in [0.4, 0.5) is 19.2 Å². The summed E-state index contributed by atoms with van der Waals surface area (Å²) in [6.45, 7) is 9.55. The Bertz CT molecular complexity index is 5570. The largest absolute Gasteiger partial charge is 0.449 e. The van der Waals surface area contributed by atoms with Crippen LogP contribution >= 0.6 is 0 Å². The summed E-state index contributed by atoms with van der Waals surface area (Å²) in [5.74, 6) is -9.31. The van der Waals surface area contributed by atoms with Gasteiger partial charge in [-0.15, -0.1) is 0 Å². The van der Waals surface area contributed by atoms with Gasteiger partial charge >= 0.3 is 24.2 Å². The van der Waals surface area contributed by atoms with Crippen LogP contribution in [-0.2, 0) is 72.3 Å². The van der Waals surface area contributed by atoms with Gasteiger partial charge in [-0.3, -0.25) is 43.2 Å². The molecule has 0 saturated heterocycles. The predicted octanol–water partition coefficient (Wildman–Crippen LogP) is 9.51. The Morgan fingerprint density at radius 2 is 0.731 bits per heavy atom. The third-order valence-corrected chi connectivity index (χ3v) is 23.5. The van der Waals surface area contributed by atoms with Crippen LogP contribution in [-0.4, -0.2) is 185 Å². The van der Waals surface area contributed by atoms with Gasteiger partial charge in [-0.1, -0.05) is 276 Å². The van der Waals surface area contributed by atoms with E-state index in [0.717, 1.165) is 76.3 Å². The van der Waals surface area contributed by atoms with E-state index in [0.29, 0.717) is 36.8 Å². The first kappa shape index (κ1) is 103. The van der Waals surface area contributed by atoms with Gasteiger partial charge in [-0.05, 0) is 122 Å². The summed E-state index contributed by atoms with van der Waals surface area (Å²) in [5, 5.41) is 37.0. The van der Waals surface area contributed by atoms with E-state index in [1.54, 1.807) is 95.3 Å². The Balaban J connectivity index is 0.000000316. The zero-order valence-electron chi connectivity index (χ0n) is 76.2. The molecule has 1 saturated carbocycles. The molecule has 0 unspecified atom stereocenters. The minimum absolute atomic E-state index is 0.00184. The molecule has 7 atom stereocenters. The van der Waals surface area contributed by atoms with E-state index in [1.807, 2.05) is 170 Å². The molecule has 2 aliphatic rings. The fraction of sp³-hybridized carbons (Fsp3) is 0.357. The lowest BCUT2D eigenvalue weighted by Gasteiger charge is -2.31. The van der Waals surface area contributed by atoms with Crippen molar-refractivity contribution in [2.75, 3.05) is 43.7 Å². The number of urea groups is 2. The number of amides is 13. The number of nitrogens with one attached hydrogen (secondary N) is 13. The second-order valence-electron chi connectivity index (χ2n) is 33.6. The van der Waals surface area contributed by atoms with Gasteiger partial charge in [-0.25, -0.2) is 46.9 Å². The van der Waals surface area contributed by atoms with E-state index in [4.69, 9.17) is 9.47 Å². The number of nitrogens with zero attached hydrogens (tertiary/aromatic N) is 2. The van der Waals surface area contributed by atoms with E-state index in [2.05, 4.69) is 79.5 Å². The normalized spacial score (nSPS) is 14.3. The molecule has 2 aliphatic carbocycles. The van der Waals surface area contributed by atoms with Gasteiger partial charge in [0.05, 0.1) is 48.8 Å². The molecule has 134 heavy (non-hydrogen) atoms. The van der Waals surface area contributed by atoms with Crippen molar-refractivity contribution in [1.82, 2.24) is 69.3 Å². The van der Waals surface area contributed by atoms with E-state index in [-0.39, 0.29) is 42.9 Å². The highest BCUT2D eigenvalue weighted by Gasteiger charge is 2.39. The van der Waals surface area contributed by atoms with E-state index in [1.165, 1.54) is 13.8 Å². The van der Waals surface area contributed by atoms with Crippen molar-refractivity contribution in [3.05, 3.63) is 275 Å². The number of carbonyl (C=O) groups excluding carboxylic acids is 13. The van der Waals surface area contributed by atoms with Gasteiger partial charge < -0.3 is 68.0 Å². The molecule has 10 rings (SSSR count). The van der Waals surface area contributed by atoms with Crippen molar-refractivity contribution in [2.45, 2.75) is 172 Å². The molecular weight excluding hydrogens is 1760 g/mol. The summed E-state index contributed by atoms with van der Waals surface area (Å²) >= 11 is 0. The first-order valence-electron chi connectivity index (χ1n) is 44.1. The number of hydrogen-bond acceptors (Lipinski definition) is 21. The zero-order valence-corrected chi connectivity index (χ0v) is 77.8. The summed E-state index contributed by atoms with van der Waals surface area (Å²) < 4.78 is 61.8. The summed E-state index contributed by atoms with van der Waals surface area (Å²) in [4.78, 5) is 176. The number of hydrogen-bond donors (Lipinski definition) is 13. The Morgan fingerprint density at radius 3 is 1.07 bits per heavy atom. The second-order valence-corrected chi connectivity index (χ2v) is 37.9. The number of benzene rings is 8. The van der Waals surface area contributed by atoms with E-state index >= 15 is 0 Å². The first-order valence-corrected chi connectivity index (χ1v) is 48.2. The van der Waals surface area contributed by atoms with Crippen molar-refractivity contribution < 1.29 is 88.6 Å². The van der Waals surface area contributed by atoms with Crippen LogP contribution in [0.2, 0.25) is 0 Å². The Morgan fingerprint density at radius 1 is 0.396 bits per heavy atom. The number of Topliss-reactive ketones (excluding diaryl/α,β-unsaturated/α-hetero) is 2. The third kappa shape index (κ3) is 32.6. The van der Waals surface area contributed by atoms with Crippen molar-refractivity contribution >= 4 is 108 Å². The molecule has 0 radical (unpaired) electrons. The molecule has 1 fully saturated rings. The molecule has 710 valence electrons. The summed E-state index contributed by atoms with van der Waals surface area (Å²) in [7, 11) is -7.85. The Labute approximate surface area is 780 Å². The third-order valence-electron chi connectivity index (χ3n) is 21.7. The molecule has 0 spiro atoms. The van der Waals surface area contributed by atoms with E-state index in [9.17, 15) is 79.2 Å². The SMILES string of the molecule is CCC[C@H](NC(=O)[C@H](CS(C)(=O)=O)NC(=O)OC(C)(C)C)C(=NNC(=O)NC(c1ccccc1)c1ccccc1)C(=O)NCC(=O)N[C@H](C(C)=O)c1ccccc1.CCC[C@H](NC(=O)[C@H](CS(C)(=O)=O)NC(=O)[C@@H](NC(=O)OCC1c2ccccc2-c2ccccc21)C1CCCCC1)C(=NNC(=O)NC(c1ccccc1)c1ccccc1)C(=O)NCC(=O)N[C@H](C(C)=O)c1ccccc1. The average molecular weight is 1870 g/mol. The van der Waals surface area contributed by atoms with Crippen LogP contribution in [0.1, 0.15) is 181 Å². The number of ketones is 2. The number of hydrazone groups is 2. The van der Waals surface area contributed by atoms with Gasteiger partial charge in [0.1, 0.15) is 73.5 Å². The number of sulfone groups is 2. The summed E-state index contributed by atoms with van der Waals surface area (Å²) in [6, 6.07) is 56.9. The molecule has 13 N–H and O–H groups in total. The maximum absolute atomic E-state index is 14.5. The molecule has 0 aromatic heterocycles. The zero-order chi connectivity index (χ0) is 97.1. The maximum Gasteiger partial charge on any atom is 0.408 e. The highest BCUT2D eigenvalue weighted by Crippen LogP contribution is 2.45. The number of alkyl carbamates (subject to hydrolysis) is 2. The van der Waals surface area contributed by atoms with Gasteiger partial charge in [-0.2, -0.15) is 10.2 Å². The molecule has 0 bridgehead atoms. The lowest BCUT2D eigenvalue weighted by Crippen LogP contribution is -2.60. The molecular formula is C98H117N15O19S2. The van der Waals surface area contributed by atoms with E-state index < -0.39 is 181 Å². The highest BCUT2D eigenvalue weighted by atomic mass is 32.2. The van der Waals surface area contributed by atoms with Crippen LogP contribution in [0.15, 0.2) is 241 Å². The smallest absolute Gasteiger partial charge is 0.408 e. The lowest BCUT2D eigenvalue weighted by molar-refractivity contribution is -0.130.